The maximum absolute atomic E-state index is 5.01. The molecule has 0 aliphatic carbocycles. The van der Waals surface area contributed by atoms with Crippen LogP contribution in [0, 0.1) is 0 Å². The molecule has 2 fully saturated rings. The molecule has 3 N–H and O–H groups in total. The van der Waals surface area contributed by atoms with Gasteiger partial charge in [-0.3, -0.25) is 4.90 Å². The molecule has 2 saturated heterocycles. The van der Waals surface area contributed by atoms with Crippen LogP contribution in [-0.2, 0) is 6.54 Å². The van der Waals surface area contributed by atoms with E-state index < -0.39 is 0 Å². The fourth-order valence-electron chi connectivity index (χ4n) is 5.33. The van der Waals surface area contributed by atoms with Gasteiger partial charge in [0.25, 0.3) is 0 Å². The predicted molar refractivity (Wildman–Crippen MR) is 141 cm³/mol. The van der Waals surface area contributed by atoms with Gasteiger partial charge in [-0.2, -0.15) is 0 Å². The zero-order valence-corrected chi connectivity index (χ0v) is 20.2. The Morgan fingerprint density at radius 3 is 2.63 bits per heavy atom. The van der Waals surface area contributed by atoms with Crippen molar-refractivity contribution in [3.63, 3.8) is 0 Å². The molecule has 2 aliphatic rings. The zero-order valence-electron chi connectivity index (χ0n) is 20.2. The largest absolute Gasteiger partial charge is 0.341 e. The Kier molecular flexibility index (Phi) is 4.79. The van der Waals surface area contributed by atoms with Crippen molar-refractivity contribution in [1.82, 2.24) is 30.2 Å². The van der Waals surface area contributed by atoms with Crippen molar-refractivity contribution in [2.24, 2.45) is 0 Å². The van der Waals surface area contributed by atoms with E-state index in [9.17, 15) is 0 Å². The normalized spacial score (nSPS) is 21.7. The molecule has 2 aliphatic heterocycles. The van der Waals surface area contributed by atoms with Gasteiger partial charge in [0, 0.05) is 24.0 Å². The molecule has 6 heteroatoms. The summed E-state index contributed by atoms with van der Waals surface area (Å²) in [6, 6.07) is 21.6. The zero-order chi connectivity index (χ0) is 23.5. The molecule has 0 bridgehead atoms. The average Bonchev–Trinajstić information content (AvgIpc) is 3.23. The topological polar surface area (TPSA) is 72.4 Å². The smallest absolute Gasteiger partial charge is 0.124 e. The van der Waals surface area contributed by atoms with Crippen molar-refractivity contribution in [3.8, 4) is 22.4 Å². The standard InChI is InChI=1S/C29H30N6/c1-3-17(2)30-15-27-31-14-25(32-27)19-6-4-18(5-7-19)20-8-10-23-21(12-20)9-11-24-28(23)34-29(33-24)26-13-22-16-35(22)26/h4-12,14,17,22,26,30H,3,13,15-16H2,1-2H3,(H,31,32)(H,33,34)/t17?,22-,26-,35?/m0/s1. The molecule has 35 heavy (non-hydrogen) atoms. The van der Waals surface area contributed by atoms with Crippen molar-refractivity contribution in [2.45, 2.75) is 51.4 Å². The molecule has 7 rings (SSSR count). The number of nitrogens with one attached hydrogen (secondary N) is 3. The minimum Gasteiger partial charge on any atom is -0.341 e. The maximum Gasteiger partial charge on any atom is 0.124 e. The molecule has 176 valence electrons. The molecular formula is C29H30N6. The summed E-state index contributed by atoms with van der Waals surface area (Å²) < 4.78 is 0. The van der Waals surface area contributed by atoms with E-state index in [0.29, 0.717) is 12.1 Å². The highest BCUT2D eigenvalue weighted by atomic mass is 15.4. The molecule has 5 aromatic rings. The molecule has 3 aromatic carbocycles. The molecule has 0 spiro atoms. The molecule has 0 amide bonds. The van der Waals surface area contributed by atoms with Gasteiger partial charge in [-0.25, -0.2) is 9.97 Å². The molecule has 4 heterocycles. The number of fused-ring (bicyclic) bond motifs is 4. The molecule has 0 saturated carbocycles. The van der Waals surface area contributed by atoms with Crippen molar-refractivity contribution in [3.05, 3.63) is 72.4 Å². The SMILES string of the molecule is CCC(C)NCc1ncc(-c2ccc(-c3ccc4c(ccc5[nH]c([C@@H]6C[C@H]7CN76)nc54)c3)cc2)[nH]1. The highest BCUT2D eigenvalue weighted by Crippen LogP contribution is 2.48. The third-order valence-electron chi connectivity index (χ3n) is 7.84. The highest BCUT2D eigenvalue weighted by molar-refractivity contribution is 6.05. The van der Waals surface area contributed by atoms with Gasteiger partial charge >= 0.3 is 0 Å². The first-order chi connectivity index (χ1) is 17.2. The van der Waals surface area contributed by atoms with Crippen LogP contribution in [0.4, 0.5) is 0 Å². The van der Waals surface area contributed by atoms with Crippen LogP contribution in [0.2, 0.25) is 0 Å². The molecule has 2 unspecified atom stereocenters. The summed E-state index contributed by atoms with van der Waals surface area (Å²) in [5.74, 6) is 2.09. The minimum absolute atomic E-state index is 0.488. The first-order valence-electron chi connectivity index (χ1n) is 12.7. The van der Waals surface area contributed by atoms with Gasteiger partial charge in [0.05, 0.1) is 35.5 Å². The van der Waals surface area contributed by atoms with Gasteiger partial charge in [-0.15, -0.1) is 0 Å². The van der Waals surface area contributed by atoms with Crippen LogP contribution in [0.25, 0.3) is 44.2 Å². The van der Waals surface area contributed by atoms with E-state index in [1.165, 1.54) is 34.9 Å². The summed E-state index contributed by atoms with van der Waals surface area (Å²) >= 11 is 0. The van der Waals surface area contributed by atoms with Crippen LogP contribution in [0.1, 0.15) is 44.4 Å². The summed E-state index contributed by atoms with van der Waals surface area (Å²) in [5, 5.41) is 5.92. The van der Waals surface area contributed by atoms with Crippen LogP contribution in [0.3, 0.4) is 0 Å². The third-order valence-corrected chi connectivity index (χ3v) is 7.84. The number of aromatic nitrogens is 4. The Morgan fingerprint density at radius 1 is 1.03 bits per heavy atom. The van der Waals surface area contributed by atoms with Gasteiger partial charge in [0.2, 0.25) is 0 Å². The van der Waals surface area contributed by atoms with Crippen LogP contribution < -0.4 is 5.32 Å². The molecular weight excluding hydrogens is 432 g/mol. The summed E-state index contributed by atoms with van der Waals surface area (Å²) in [6.45, 7) is 6.38. The van der Waals surface area contributed by atoms with E-state index in [4.69, 9.17) is 4.98 Å². The number of aromatic amines is 2. The first kappa shape index (κ1) is 20.9. The summed E-state index contributed by atoms with van der Waals surface area (Å²) in [7, 11) is 0. The lowest BCUT2D eigenvalue weighted by atomic mass is 9.99. The third kappa shape index (κ3) is 3.65. The summed E-state index contributed by atoms with van der Waals surface area (Å²) in [5.41, 5.74) is 6.84. The lowest BCUT2D eigenvalue weighted by molar-refractivity contribution is 0.245. The molecule has 2 aromatic heterocycles. The fraction of sp³-hybridized carbons (Fsp3) is 0.310. The number of benzene rings is 3. The van der Waals surface area contributed by atoms with Crippen molar-refractivity contribution in [2.75, 3.05) is 6.54 Å². The summed E-state index contributed by atoms with van der Waals surface area (Å²) in [6.07, 6.45) is 4.27. The van der Waals surface area contributed by atoms with E-state index in [-0.39, 0.29) is 0 Å². The van der Waals surface area contributed by atoms with Gasteiger partial charge in [-0.05, 0) is 54.0 Å². The van der Waals surface area contributed by atoms with Crippen molar-refractivity contribution < 1.29 is 0 Å². The minimum atomic E-state index is 0.488. The Bertz CT molecular complexity index is 1530. The van der Waals surface area contributed by atoms with Crippen molar-refractivity contribution in [1.29, 1.82) is 0 Å². The highest BCUT2D eigenvalue weighted by Gasteiger charge is 2.52. The predicted octanol–water partition coefficient (Wildman–Crippen LogP) is 5.79. The van der Waals surface area contributed by atoms with Crippen molar-refractivity contribution >= 4 is 21.8 Å². The van der Waals surface area contributed by atoms with E-state index >= 15 is 0 Å². The second-order valence-corrected chi connectivity index (χ2v) is 10.1. The summed E-state index contributed by atoms with van der Waals surface area (Å²) in [4.78, 5) is 19.1. The molecule has 0 radical (unpaired) electrons. The number of nitrogens with zero attached hydrogens (tertiary/aromatic N) is 3. The maximum atomic E-state index is 5.01. The van der Waals surface area contributed by atoms with Crippen LogP contribution in [0.15, 0.2) is 60.8 Å². The van der Waals surface area contributed by atoms with Gasteiger partial charge < -0.3 is 15.3 Å². The number of hydrogen-bond donors (Lipinski definition) is 3. The van der Waals surface area contributed by atoms with Crippen LogP contribution in [-0.4, -0.2) is 43.5 Å². The van der Waals surface area contributed by atoms with E-state index in [1.54, 1.807) is 0 Å². The number of H-pyrrole nitrogens is 2. The van der Waals surface area contributed by atoms with E-state index in [1.807, 2.05) is 6.20 Å². The second kappa shape index (κ2) is 8.04. The Balaban J connectivity index is 1.13. The number of rotatable bonds is 7. The fourth-order valence-corrected chi connectivity index (χ4v) is 5.33. The van der Waals surface area contributed by atoms with E-state index in [0.717, 1.165) is 52.9 Å². The quantitative estimate of drug-likeness (QED) is 0.268. The Labute approximate surface area is 204 Å². The lowest BCUT2D eigenvalue weighted by Gasteiger charge is -2.24. The monoisotopic (exact) mass is 462 g/mol. The molecule has 4 atom stereocenters. The van der Waals surface area contributed by atoms with Gasteiger partial charge in [-0.1, -0.05) is 49.4 Å². The number of imidazole rings is 2. The Morgan fingerprint density at radius 2 is 1.86 bits per heavy atom. The second-order valence-electron chi connectivity index (χ2n) is 10.1. The number of hydrogen-bond acceptors (Lipinski definition) is 4. The lowest BCUT2D eigenvalue weighted by Crippen LogP contribution is -2.25. The molecule has 6 nitrogen and oxygen atoms in total. The van der Waals surface area contributed by atoms with Crippen LogP contribution in [0.5, 0.6) is 0 Å². The first-order valence-corrected chi connectivity index (χ1v) is 12.7. The Hall–Kier alpha value is -3.48. The average molecular weight is 463 g/mol. The van der Waals surface area contributed by atoms with E-state index in [2.05, 4.69) is 93.6 Å². The van der Waals surface area contributed by atoms with Gasteiger partial charge in [0.1, 0.15) is 11.6 Å². The van der Waals surface area contributed by atoms with Crippen LogP contribution >= 0.6 is 0 Å². The van der Waals surface area contributed by atoms with Gasteiger partial charge in [0.15, 0.2) is 0 Å².